The number of likely N-dealkylation sites (tertiary alicyclic amines) is 1. The second kappa shape index (κ2) is 6.92. The third-order valence-electron chi connectivity index (χ3n) is 4.73. The Morgan fingerprint density at radius 3 is 2.71 bits per heavy atom. The number of nitrogens with zero attached hydrogens (tertiary/aromatic N) is 2. The van der Waals surface area contributed by atoms with E-state index in [1.807, 2.05) is 11.0 Å². The fourth-order valence-corrected chi connectivity index (χ4v) is 2.76. The Kier molecular flexibility index (Phi) is 5.21. The molecule has 21 heavy (non-hydrogen) atoms. The molecule has 2 heterocycles. The van der Waals surface area contributed by atoms with Gasteiger partial charge in [0.05, 0.1) is 17.4 Å². The first-order chi connectivity index (χ1) is 10.1. The number of aromatic nitrogens is 1. The van der Waals surface area contributed by atoms with Crippen molar-refractivity contribution in [2.45, 2.75) is 46.5 Å². The Hall–Kier alpha value is -1.58. The molecule has 0 atom stereocenters. The van der Waals surface area contributed by atoms with E-state index in [0.717, 1.165) is 50.1 Å². The molecule has 0 bridgehead atoms. The van der Waals surface area contributed by atoms with Gasteiger partial charge >= 0.3 is 0 Å². The molecule has 0 unspecified atom stereocenters. The van der Waals surface area contributed by atoms with Gasteiger partial charge in [0.25, 0.3) is 5.91 Å². The first-order valence-electron chi connectivity index (χ1n) is 8.07. The van der Waals surface area contributed by atoms with E-state index < -0.39 is 0 Å². The molecule has 0 saturated carbocycles. The number of hydrogen-bond donors (Lipinski definition) is 1. The standard InChI is InChI=1S/C17H27N3O/c1-4-9-19-15-13-18-10-6-14(15)16(21)20-11-7-17(3,5-2)8-12-20/h6,10,13,19H,4-5,7-9,11-12H2,1-3H3. The SMILES string of the molecule is CCCNc1cnccc1C(=O)N1CCC(C)(CC)CC1. The summed E-state index contributed by atoms with van der Waals surface area (Å²) in [5.41, 5.74) is 2.00. The van der Waals surface area contributed by atoms with Crippen LogP contribution in [0.1, 0.15) is 56.8 Å². The Balaban J connectivity index is 2.07. The Morgan fingerprint density at radius 2 is 2.10 bits per heavy atom. The zero-order chi connectivity index (χ0) is 15.3. The van der Waals surface area contributed by atoms with Gasteiger partial charge < -0.3 is 10.2 Å². The number of rotatable bonds is 5. The van der Waals surface area contributed by atoms with E-state index >= 15 is 0 Å². The van der Waals surface area contributed by atoms with Crippen LogP contribution in [0, 0.1) is 5.41 Å². The summed E-state index contributed by atoms with van der Waals surface area (Å²) >= 11 is 0. The molecule has 1 aromatic heterocycles. The van der Waals surface area contributed by atoms with Crippen LogP contribution in [-0.4, -0.2) is 35.4 Å². The second-order valence-electron chi connectivity index (χ2n) is 6.30. The van der Waals surface area contributed by atoms with Gasteiger partial charge in [0.15, 0.2) is 0 Å². The summed E-state index contributed by atoms with van der Waals surface area (Å²) < 4.78 is 0. The zero-order valence-electron chi connectivity index (χ0n) is 13.5. The molecule has 0 aromatic carbocycles. The lowest BCUT2D eigenvalue weighted by Crippen LogP contribution is -2.42. The monoisotopic (exact) mass is 289 g/mol. The molecule has 0 aliphatic carbocycles. The van der Waals surface area contributed by atoms with Crippen molar-refractivity contribution in [3.63, 3.8) is 0 Å². The largest absolute Gasteiger partial charge is 0.383 e. The minimum absolute atomic E-state index is 0.133. The first-order valence-corrected chi connectivity index (χ1v) is 8.07. The van der Waals surface area contributed by atoms with Crippen LogP contribution in [0.3, 0.4) is 0 Å². The zero-order valence-corrected chi connectivity index (χ0v) is 13.5. The van der Waals surface area contributed by atoms with E-state index in [0.29, 0.717) is 5.41 Å². The lowest BCUT2D eigenvalue weighted by atomic mass is 9.78. The highest BCUT2D eigenvalue weighted by Crippen LogP contribution is 2.34. The van der Waals surface area contributed by atoms with Crippen molar-refractivity contribution in [3.8, 4) is 0 Å². The van der Waals surface area contributed by atoms with Crippen LogP contribution in [0.25, 0.3) is 0 Å². The number of pyridine rings is 1. The average Bonchev–Trinajstić information content (AvgIpc) is 2.53. The highest BCUT2D eigenvalue weighted by molar-refractivity contribution is 5.99. The molecule has 1 fully saturated rings. The first kappa shape index (κ1) is 15.8. The molecule has 0 radical (unpaired) electrons. The summed E-state index contributed by atoms with van der Waals surface area (Å²) in [6.07, 6.45) is 7.86. The number of carbonyl (C=O) groups is 1. The summed E-state index contributed by atoms with van der Waals surface area (Å²) in [7, 11) is 0. The smallest absolute Gasteiger partial charge is 0.256 e. The molecule has 2 rings (SSSR count). The predicted molar refractivity (Wildman–Crippen MR) is 86.6 cm³/mol. The maximum atomic E-state index is 12.7. The van der Waals surface area contributed by atoms with Gasteiger partial charge in [-0.1, -0.05) is 27.2 Å². The molecule has 4 nitrogen and oxygen atoms in total. The predicted octanol–water partition coefficient (Wildman–Crippen LogP) is 3.56. The van der Waals surface area contributed by atoms with E-state index in [1.54, 1.807) is 12.4 Å². The molecule has 1 amide bonds. The van der Waals surface area contributed by atoms with Gasteiger partial charge in [-0.2, -0.15) is 0 Å². The van der Waals surface area contributed by atoms with E-state index in [2.05, 4.69) is 31.1 Å². The van der Waals surface area contributed by atoms with Crippen molar-refractivity contribution in [1.82, 2.24) is 9.88 Å². The van der Waals surface area contributed by atoms with Crippen LogP contribution in [0.15, 0.2) is 18.5 Å². The van der Waals surface area contributed by atoms with Crippen LogP contribution in [0.2, 0.25) is 0 Å². The van der Waals surface area contributed by atoms with Crippen molar-refractivity contribution < 1.29 is 4.79 Å². The van der Waals surface area contributed by atoms with Gasteiger partial charge in [-0.25, -0.2) is 0 Å². The van der Waals surface area contributed by atoms with Gasteiger partial charge in [0.2, 0.25) is 0 Å². The van der Waals surface area contributed by atoms with Crippen molar-refractivity contribution in [3.05, 3.63) is 24.0 Å². The van der Waals surface area contributed by atoms with Gasteiger partial charge in [-0.15, -0.1) is 0 Å². The maximum Gasteiger partial charge on any atom is 0.256 e. The average molecular weight is 289 g/mol. The molecular weight excluding hydrogens is 262 g/mol. The molecular formula is C17H27N3O. The Bertz CT molecular complexity index is 479. The fourth-order valence-electron chi connectivity index (χ4n) is 2.76. The lowest BCUT2D eigenvalue weighted by Gasteiger charge is -2.39. The number of carbonyl (C=O) groups excluding carboxylic acids is 1. The van der Waals surface area contributed by atoms with Crippen molar-refractivity contribution in [2.75, 3.05) is 25.0 Å². The van der Waals surface area contributed by atoms with Crippen molar-refractivity contribution in [2.24, 2.45) is 5.41 Å². The minimum atomic E-state index is 0.133. The number of anilines is 1. The lowest BCUT2D eigenvalue weighted by molar-refractivity contribution is 0.0601. The normalized spacial score (nSPS) is 17.6. The maximum absolute atomic E-state index is 12.7. The number of nitrogens with one attached hydrogen (secondary N) is 1. The van der Waals surface area contributed by atoms with E-state index in [-0.39, 0.29) is 5.91 Å². The summed E-state index contributed by atoms with van der Waals surface area (Å²) in [6.45, 7) is 9.26. The van der Waals surface area contributed by atoms with Gasteiger partial charge in [0.1, 0.15) is 0 Å². The second-order valence-corrected chi connectivity index (χ2v) is 6.30. The molecule has 4 heteroatoms. The third-order valence-corrected chi connectivity index (χ3v) is 4.73. The Morgan fingerprint density at radius 1 is 1.38 bits per heavy atom. The molecule has 1 aliphatic rings. The Labute approximate surface area is 127 Å². The topological polar surface area (TPSA) is 45.2 Å². The van der Waals surface area contributed by atoms with Crippen molar-refractivity contribution in [1.29, 1.82) is 0 Å². The minimum Gasteiger partial charge on any atom is -0.383 e. The summed E-state index contributed by atoms with van der Waals surface area (Å²) in [5, 5.41) is 3.30. The van der Waals surface area contributed by atoms with E-state index in [1.165, 1.54) is 6.42 Å². The molecule has 1 aromatic rings. The van der Waals surface area contributed by atoms with Gasteiger partial charge in [0, 0.05) is 25.8 Å². The van der Waals surface area contributed by atoms with Crippen LogP contribution in [0.5, 0.6) is 0 Å². The van der Waals surface area contributed by atoms with Crippen LogP contribution in [0.4, 0.5) is 5.69 Å². The van der Waals surface area contributed by atoms with Crippen molar-refractivity contribution >= 4 is 11.6 Å². The summed E-state index contributed by atoms with van der Waals surface area (Å²) in [4.78, 5) is 18.9. The number of amides is 1. The highest BCUT2D eigenvalue weighted by atomic mass is 16.2. The molecule has 0 spiro atoms. The third kappa shape index (κ3) is 3.74. The molecule has 1 aliphatic heterocycles. The van der Waals surface area contributed by atoms with Gasteiger partial charge in [-0.05, 0) is 30.7 Å². The molecule has 1 saturated heterocycles. The summed E-state index contributed by atoms with van der Waals surface area (Å²) in [5.74, 6) is 0.133. The number of hydrogen-bond acceptors (Lipinski definition) is 3. The van der Waals surface area contributed by atoms with Crippen LogP contribution in [-0.2, 0) is 0 Å². The van der Waals surface area contributed by atoms with Gasteiger partial charge in [-0.3, -0.25) is 9.78 Å². The summed E-state index contributed by atoms with van der Waals surface area (Å²) in [6, 6.07) is 1.83. The number of piperidine rings is 1. The van der Waals surface area contributed by atoms with E-state index in [4.69, 9.17) is 0 Å². The van der Waals surface area contributed by atoms with Crippen LogP contribution < -0.4 is 5.32 Å². The van der Waals surface area contributed by atoms with Crippen LogP contribution >= 0.6 is 0 Å². The fraction of sp³-hybridized carbons (Fsp3) is 0.647. The molecule has 1 N–H and O–H groups in total. The highest BCUT2D eigenvalue weighted by Gasteiger charge is 2.31. The quantitative estimate of drug-likeness (QED) is 0.901. The molecule has 116 valence electrons. The van der Waals surface area contributed by atoms with E-state index in [9.17, 15) is 4.79 Å².